The van der Waals surface area contributed by atoms with Gasteiger partial charge >= 0.3 is 6.03 Å². The van der Waals surface area contributed by atoms with Crippen molar-refractivity contribution in [1.29, 1.82) is 5.41 Å². The van der Waals surface area contributed by atoms with Crippen molar-refractivity contribution in [1.82, 2.24) is 10.6 Å². The van der Waals surface area contributed by atoms with Crippen LogP contribution in [0.3, 0.4) is 0 Å². The number of urea groups is 1. The molecule has 1 fully saturated rings. The van der Waals surface area contributed by atoms with E-state index in [1.807, 2.05) is 50.2 Å². The third-order valence-corrected chi connectivity index (χ3v) is 6.37. The van der Waals surface area contributed by atoms with Gasteiger partial charge in [-0.3, -0.25) is 5.41 Å². The van der Waals surface area contributed by atoms with E-state index in [1.165, 1.54) is 0 Å². The number of amides is 2. The number of hydrogen-bond donors (Lipinski definition) is 4. The Morgan fingerprint density at radius 2 is 1.74 bits per heavy atom. The quantitative estimate of drug-likeness (QED) is 0.445. The van der Waals surface area contributed by atoms with E-state index in [2.05, 4.69) is 15.5 Å². The predicted octanol–water partition coefficient (Wildman–Crippen LogP) is 3.33. The van der Waals surface area contributed by atoms with Crippen LogP contribution in [0.2, 0.25) is 0 Å². The Labute approximate surface area is 201 Å². The second-order valence-corrected chi connectivity index (χ2v) is 9.10. The van der Waals surface area contributed by atoms with Gasteiger partial charge in [0, 0.05) is 43.0 Å². The van der Waals surface area contributed by atoms with Crippen molar-refractivity contribution in [2.45, 2.75) is 44.8 Å². The first kappa shape index (κ1) is 25.4. The molecule has 0 radical (unpaired) electrons. The number of rotatable bonds is 8. The fourth-order valence-electron chi connectivity index (χ4n) is 4.24. The van der Waals surface area contributed by atoms with Gasteiger partial charge in [-0.2, -0.15) is 0 Å². The summed E-state index contributed by atoms with van der Waals surface area (Å²) in [7, 11) is 4.73. The molecule has 1 aliphatic rings. The van der Waals surface area contributed by atoms with Crippen LogP contribution in [0, 0.1) is 5.41 Å². The maximum Gasteiger partial charge on any atom is 0.314 e. The van der Waals surface area contributed by atoms with Crippen molar-refractivity contribution in [2.24, 2.45) is 0 Å². The number of benzene rings is 2. The fraction of sp³-hybridized carbons (Fsp3) is 0.462. The van der Waals surface area contributed by atoms with Crippen molar-refractivity contribution in [2.75, 3.05) is 39.3 Å². The maximum absolute atomic E-state index is 11.7. The van der Waals surface area contributed by atoms with Gasteiger partial charge < -0.3 is 30.1 Å². The minimum absolute atomic E-state index is 0.150. The average Bonchev–Trinajstić information content (AvgIpc) is 2.83. The van der Waals surface area contributed by atoms with Crippen LogP contribution < -0.4 is 25.0 Å². The molecular weight excluding hydrogens is 432 g/mol. The molecule has 0 unspecified atom stereocenters. The molecule has 0 aromatic heterocycles. The van der Waals surface area contributed by atoms with Gasteiger partial charge in [0.05, 0.1) is 25.5 Å². The molecule has 2 aromatic rings. The summed E-state index contributed by atoms with van der Waals surface area (Å²) in [6, 6.07) is 11.3. The molecule has 0 saturated carbocycles. The number of anilines is 1. The van der Waals surface area contributed by atoms with Gasteiger partial charge in [-0.05, 0) is 62.9 Å². The minimum Gasteiger partial charge on any atom is -0.493 e. The zero-order chi connectivity index (χ0) is 24.9. The van der Waals surface area contributed by atoms with Crippen LogP contribution >= 0.6 is 0 Å². The molecule has 1 saturated heterocycles. The Kier molecular flexibility index (Phi) is 8.04. The smallest absolute Gasteiger partial charge is 0.314 e. The average molecular weight is 469 g/mol. The highest BCUT2D eigenvalue weighted by molar-refractivity contribution is 6.12. The second kappa shape index (κ2) is 10.8. The number of methoxy groups -OCH3 is 2. The Morgan fingerprint density at radius 1 is 1.15 bits per heavy atom. The molecule has 4 N–H and O–H groups in total. The van der Waals surface area contributed by atoms with E-state index in [1.54, 1.807) is 21.3 Å². The molecule has 1 aliphatic heterocycles. The van der Waals surface area contributed by atoms with E-state index in [9.17, 15) is 9.90 Å². The highest BCUT2D eigenvalue weighted by atomic mass is 16.5. The summed E-state index contributed by atoms with van der Waals surface area (Å²) in [6.07, 6.45) is 2.00. The fourth-order valence-corrected chi connectivity index (χ4v) is 4.24. The molecule has 2 amide bonds. The topological polar surface area (TPSA) is 107 Å². The summed E-state index contributed by atoms with van der Waals surface area (Å²) in [5.41, 5.74) is 3.26. The molecule has 1 atom stereocenters. The number of nitrogens with zero attached hydrogens (tertiary/aromatic N) is 1. The lowest BCUT2D eigenvalue weighted by atomic mass is 9.92. The number of aliphatic hydroxyl groups is 1. The number of piperidine rings is 1. The Morgan fingerprint density at radius 3 is 2.29 bits per heavy atom. The standard InChI is InChI=1S/C26H36N4O4/c1-17(29-25(31)28-3)14-19-15-22(33-4)23(34-5)16-21(19)24(27)18-6-8-20(9-7-18)30-12-10-26(2,32)11-13-30/h6-9,15-17,27,32H,10-14H2,1-5H3,(H2,28,29,31)/t17-/m0/s1. The number of hydrogen-bond acceptors (Lipinski definition) is 6. The molecule has 8 heteroatoms. The van der Waals surface area contributed by atoms with Crippen LogP contribution in [0.5, 0.6) is 11.5 Å². The number of ether oxygens (including phenoxy) is 2. The predicted molar refractivity (Wildman–Crippen MR) is 135 cm³/mol. The number of carbonyl (C=O) groups is 1. The highest BCUT2D eigenvalue weighted by Crippen LogP contribution is 2.33. The third kappa shape index (κ3) is 5.99. The van der Waals surface area contributed by atoms with Crippen LogP contribution in [0.1, 0.15) is 43.4 Å². The highest BCUT2D eigenvalue weighted by Gasteiger charge is 2.27. The first-order valence-corrected chi connectivity index (χ1v) is 11.6. The van der Waals surface area contributed by atoms with E-state index < -0.39 is 5.60 Å². The van der Waals surface area contributed by atoms with E-state index in [0.29, 0.717) is 23.6 Å². The zero-order valence-electron chi connectivity index (χ0n) is 20.7. The van der Waals surface area contributed by atoms with Crippen molar-refractivity contribution in [3.8, 4) is 11.5 Å². The first-order valence-electron chi connectivity index (χ1n) is 11.6. The summed E-state index contributed by atoms with van der Waals surface area (Å²) in [4.78, 5) is 14.0. The SMILES string of the molecule is CNC(=O)N[C@@H](C)Cc1cc(OC)c(OC)cc1C(=N)c1ccc(N2CCC(C)(O)CC2)cc1. The molecule has 34 heavy (non-hydrogen) atoms. The molecule has 3 rings (SSSR count). The van der Waals surface area contributed by atoms with Gasteiger partial charge in [0.25, 0.3) is 0 Å². The van der Waals surface area contributed by atoms with E-state index in [-0.39, 0.29) is 12.1 Å². The van der Waals surface area contributed by atoms with Crippen LogP contribution in [0.15, 0.2) is 36.4 Å². The summed E-state index contributed by atoms with van der Waals surface area (Å²) < 4.78 is 11.0. The maximum atomic E-state index is 11.7. The lowest BCUT2D eigenvalue weighted by Gasteiger charge is -2.37. The number of nitrogens with one attached hydrogen (secondary N) is 3. The molecule has 8 nitrogen and oxygen atoms in total. The van der Waals surface area contributed by atoms with Crippen LogP contribution in [-0.2, 0) is 6.42 Å². The molecule has 0 bridgehead atoms. The largest absolute Gasteiger partial charge is 0.493 e. The molecule has 1 heterocycles. The normalized spacial score (nSPS) is 15.9. The molecule has 184 valence electrons. The van der Waals surface area contributed by atoms with Crippen LogP contribution in [0.4, 0.5) is 10.5 Å². The second-order valence-electron chi connectivity index (χ2n) is 9.10. The Balaban J connectivity index is 1.86. The third-order valence-electron chi connectivity index (χ3n) is 6.37. The molecule has 0 aliphatic carbocycles. The van der Waals surface area contributed by atoms with Gasteiger partial charge in [0.2, 0.25) is 0 Å². The van der Waals surface area contributed by atoms with E-state index in [4.69, 9.17) is 14.9 Å². The Bertz CT molecular complexity index is 1010. The van der Waals surface area contributed by atoms with Crippen molar-refractivity contribution < 1.29 is 19.4 Å². The summed E-state index contributed by atoms with van der Waals surface area (Å²) >= 11 is 0. The summed E-state index contributed by atoms with van der Waals surface area (Å²) in [6.45, 7) is 5.42. The van der Waals surface area contributed by atoms with Gasteiger partial charge in [0.1, 0.15) is 0 Å². The van der Waals surface area contributed by atoms with Crippen molar-refractivity contribution in [3.05, 3.63) is 53.1 Å². The lowest BCUT2D eigenvalue weighted by molar-refractivity contribution is 0.0351. The van der Waals surface area contributed by atoms with Gasteiger partial charge in [-0.15, -0.1) is 0 Å². The summed E-state index contributed by atoms with van der Waals surface area (Å²) in [5.74, 6) is 1.13. The zero-order valence-corrected chi connectivity index (χ0v) is 20.7. The number of carbonyl (C=O) groups excluding carboxylic acids is 1. The Hall–Kier alpha value is -3.26. The molecule has 0 spiro atoms. The van der Waals surface area contributed by atoms with E-state index >= 15 is 0 Å². The van der Waals surface area contributed by atoms with Crippen molar-refractivity contribution >= 4 is 17.4 Å². The molecular formula is C26H36N4O4. The van der Waals surface area contributed by atoms with Gasteiger partial charge in [-0.1, -0.05) is 12.1 Å². The lowest BCUT2D eigenvalue weighted by Crippen LogP contribution is -2.42. The van der Waals surface area contributed by atoms with Crippen LogP contribution in [0.25, 0.3) is 0 Å². The minimum atomic E-state index is -0.591. The van der Waals surface area contributed by atoms with Crippen LogP contribution in [-0.4, -0.2) is 62.8 Å². The summed E-state index contributed by atoms with van der Waals surface area (Å²) in [5, 5.41) is 24.6. The van der Waals surface area contributed by atoms with Gasteiger partial charge in [-0.25, -0.2) is 4.79 Å². The van der Waals surface area contributed by atoms with E-state index in [0.717, 1.165) is 48.3 Å². The molecule has 2 aromatic carbocycles. The monoisotopic (exact) mass is 468 g/mol. The van der Waals surface area contributed by atoms with Gasteiger partial charge in [0.15, 0.2) is 11.5 Å². The van der Waals surface area contributed by atoms with Crippen molar-refractivity contribution in [3.63, 3.8) is 0 Å². The first-order chi connectivity index (χ1) is 16.2.